The van der Waals surface area contributed by atoms with Crippen LogP contribution in [0.3, 0.4) is 0 Å². The Hall–Kier alpha value is -1.35. The summed E-state index contributed by atoms with van der Waals surface area (Å²) in [6, 6.07) is 6.55. The third kappa shape index (κ3) is 1.88. The average molecular weight is 204 g/mol. The lowest BCUT2D eigenvalue weighted by Gasteiger charge is -2.11. The molecule has 1 unspecified atom stereocenters. The van der Waals surface area contributed by atoms with Crippen molar-refractivity contribution < 1.29 is 5.11 Å². The van der Waals surface area contributed by atoms with Crippen LogP contribution >= 0.6 is 0 Å². The minimum Gasteiger partial charge on any atom is -0.396 e. The second-order valence-corrected chi connectivity index (χ2v) is 4.01. The molecule has 3 nitrogen and oxygen atoms in total. The van der Waals surface area contributed by atoms with E-state index in [0.29, 0.717) is 0 Å². The van der Waals surface area contributed by atoms with Crippen molar-refractivity contribution in [2.45, 2.75) is 26.3 Å². The van der Waals surface area contributed by atoms with E-state index < -0.39 is 0 Å². The van der Waals surface area contributed by atoms with Crippen molar-refractivity contribution in [3.05, 3.63) is 30.0 Å². The van der Waals surface area contributed by atoms with Gasteiger partial charge in [0.15, 0.2) is 0 Å². The summed E-state index contributed by atoms with van der Waals surface area (Å²) in [5, 5.41) is 14.4. The number of hydrogen-bond acceptors (Lipinski definition) is 2. The highest BCUT2D eigenvalue weighted by molar-refractivity contribution is 5.79. The highest BCUT2D eigenvalue weighted by atomic mass is 16.3. The first-order chi connectivity index (χ1) is 7.22. The van der Waals surface area contributed by atoms with Gasteiger partial charge in [0.05, 0.1) is 17.8 Å². The molecule has 0 fully saturated rings. The van der Waals surface area contributed by atoms with Crippen LogP contribution in [0.1, 0.15) is 24.9 Å². The van der Waals surface area contributed by atoms with Crippen molar-refractivity contribution in [3.63, 3.8) is 0 Å². The summed E-state index contributed by atoms with van der Waals surface area (Å²) in [5.41, 5.74) is 2.39. The zero-order chi connectivity index (χ0) is 10.8. The summed E-state index contributed by atoms with van der Waals surface area (Å²) in [5.74, 6) is 0. The first-order valence-electron chi connectivity index (χ1n) is 5.27. The fourth-order valence-electron chi connectivity index (χ4n) is 1.81. The van der Waals surface area contributed by atoms with Crippen LogP contribution in [0.15, 0.2) is 24.4 Å². The number of hydrogen-bond donors (Lipinski definition) is 1. The molecule has 0 saturated heterocycles. The van der Waals surface area contributed by atoms with E-state index in [1.807, 2.05) is 10.9 Å². The van der Waals surface area contributed by atoms with Crippen molar-refractivity contribution >= 4 is 10.9 Å². The molecule has 2 rings (SSSR count). The Balaban J connectivity index is 2.47. The molecule has 0 aliphatic carbocycles. The monoisotopic (exact) mass is 204 g/mol. The van der Waals surface area contributed by atoms with Crippen molar-refractivity contribution in [2.24, 2.45) is 0 Å². The van der Waals surface area contributed by atoms with Crippen molar-refractivity contribution in [1.82, 2.24) is 9.78 Å². The molecule has 0 aliphatic heterocycles. The molecule has 1 atom stereocenters. The fraction of sp³-hybridized carbons (Fsp3) is 0.417. The van der Waals surface area contributed by atoms with Crippen LogP contribution in [0, 0.1) is 6.92 Å². The fourth-order valence-corrected chi connectivity index (χ4v) is 1.81. The summed E-state index contributed by atoms with van der Waals surface area (Å²) in [7, 11) is 0. The zero-order valence-corrected chi connectivity index (χ0v) is 9.14. The number of rotatable bonds is 3. The van der Waals surface area contributed by atoms with E-state index in [2.05, 4.69) is 37.1 Å². The Labute approximate surface area is 89.3 Å². The Morgan fingerprint density at radius 1 is 1.47 bits per heavy atom. The quantitative estimate of drug-likeness (QED) is 0.833. The predicted octanol–water partition coefficient (Wildman–Crippen LogP) is 2.29. The normalized spacial score (nSPS) is 13.3. The molecule has 0 spiro atoms. The lowest BCUT2D eigenvalue weighted by atomic mass is 10.2. The van der Waals surface area contributed by atoms with Gasteiger partial charge in [-0.3, -0.25) is 4.68 Å². The predicted molar refractivity (Wildman–Crippen MR) is 60.9 cm³/mol. The smallest absolute Gasteiger partial charge is 0.0688 e. The Morgan fingerprint density at radius 3 is 3.00 bits per heavy atom. The van der Waals surface area contributed by atoms with E-state index in [1.165, 1.54) is 5.56 Å². The molecule has 0 radical (unpaired) electrons. The third-order valence-electron chi connectivity index (χ3n) is 2.72. The number of benzene rings is 1. The van der Waals surface area contributed by atoms with E-state index in [1.54, 1.807) is 0 Å². The molecule has 3 heteroatoms. The second kappa shape index (κ2) is 4.03. The van der Waals surface area contributed by atoms with Gasteiger partial charge in [-0.15, -0.1) is 0 Å². The molecule has 1 aromatic carbocycles. The van der Waals surface area contributed by atoms with Gasteiger partial charge in [0.2, 0.25) is 0 Å². The SMILES string of the molecule is Cc1ccc2cnn(C(C)CCO)c2c1. The molecular formula is C12H16N2O. The molecule has 1 N–H and O–H groups in total. The van der Waals surface area contributed by atoms with Crippen LogP contribution in [0.2, 0.25) is 0 Å². The molecule has 0 aliphatic rings. The highest BCUT2D eigenvalue weighted by Crippen LogP contribution is 2.20. The number of aliphatic hydroxyl groups excluding tert-OH is 1. The number of aryl methyl sites for hydroxylation is 1. The van der Waals surface area contributed by atoms with Crippen molar-refractivity contribution in [1.29, 1.82) is 0 Å². The second-order valence-electron chi connectivity index (χ2n) is 4.01. The van der Waals surface area contributed by atoms with Gasteiger partial charge in [-0.2, -0.15) is 5.10 Å². The molecule has 80 valence electrons. The van der Waals surface area contributed by atoms with Crippen LogP contribution in [-0.2, 0) is 0 Å². The lowest BCUT2D eigenvalue weighted by molar-refractivity contribution is 0.259. The summed E-state index contributed by atoms with van der Waals surface area (Å²) in [6.45, 7) is 4.35. The van der Waals surface area contributed by atoms with Gasteiger partial charge in [-0.1, -0.05) is 12.1 Å². The molecule has 1 aromatic heterocycles. The molecule has 2 aromatic rings. The van der Waals surface area contributed by atoms with Crippen LogP contribution in [0.4, 0.5) is 0 Å². The summed E-state index contributed by atoms with van der Waals surface area (Å²) in [4.78, 5) is 0. The molecule has 0 amide bonds. The lowest BCUT2D eigenvalue weighted by Crippen LogP contribution is -2.08. The first-order valence-corrected chi connectivity index (χ1v) is 5.27. The van der Waals surface area contributed by atoms with E-state index in [0.717, 1.165) is 17.3 Å². The van der Waals surface area contributed by atoms with Crippen LogP contribution in [-0.4, -0.2) is 21.5 Å². The van der Waals surface area contributed by atoms with Crippen molar-refractivity contribution in [3.8, 4) is 0 Å². The minimum atomic E-state index is 0.203. The van der Waals surface area contributed by atoms with Gasteiger partial charge < -0.3 is 5.11 Å². The van der Waals surface area contributed by atoms with Crippen LogP contribution in [0.25, 0.3) is 10.9 Å². The van der Waals surface area contributed by atoms with Crippen LogP contribution in [0.5, 0.6) is 0 Å². The summed E-state index contributed by atoms with van der Waals surface area (Å²) in [6.07, 6.45) is 2.62. The van der Waals surface area contributed by atoms with E-state index in [9.17, 15) is 0 Å². The van der Waals surface area contributed by atoms with Gasteiger partial charge in [-0.05, 0) is 31.9 Å². The van der Waals surface area contributed by atoms with Gasteiger partial charge in [0.25, 0.3) is 0 Å². The number of fused-ring (bicyclic) bond motifs is 1. The standard InChI is InChI=1S/C12H16N2O/c1-9-3-4-11-8-13-14(12(11)7-9)10(2)5-6-15/h3-4,7-8,10,15H,5-6H2,1-2H3. The molecule has 15 heavy (non-hydrogen) atoms. The Morgan fingerprint density at radius 2 is 2.27 bits per heavy atom. The van der Waals surface area contributed by atoms with Gasteiger partial charge in [0, 0.05) is 12.0 Å². The molecule has 1 heterocycles. The van der Waals surface area contributed by atoms with E-state index in [-0.39, 0.29) is 12.6 Å². The third-order valence-corrected chi connectivity index (χ3v) is 2.72. The van der Waals surface area contributed by atoms with Crippen molar-refractivity contribution in [2.75, 3.05) is 6.61 Å². The van der Waals surface area contributed by atoms with Gasteiger partial charge >= 0.3 is 0 Å². The average Bonchev–Trinajstić information content (AvgIpc) is 2.60. The Bertz CT molecular complexity index is 462. The highest BCUT2D eigenvalue weighted by Gasteiger charge is 2.08. The maximum absolute atomic E-state index is 8.92. The molecular weight excluding hydrogens is 188 g/mol. The summed E-state index contributed by atoms with van der Waals surface area (Å²) >= 11 is 0. The first kappa shape index (κ1) is 10.2. The molecule has 0 saturated carbocycles. The van der Waals surface area contributed by atoms with Crippen LogP contribution < -0.4 is 0 Å². The minimum absolute atomic E-state index is 0.203. The zero-order valence-electron chi connectivity index (χ0n) is 9.14. The maximum Gasteiger partial charge on any atom is 0.0688 e. The van der Waals surface area contributed by atoms with E-state index >= 15 is 0 Å². The Kier molecular flexibility index (Phi) is 2.73. The van der Waals surface area contributed by atoms with Gasteiger partial charge in [-0.25, -0.2) is 0 Å². The number of nitrogens with zero attached hydrogens (tertiary/aromatic N) is 2. The molecule has 0 bridgehead atoms. The number of aliphatic hydroxyl groups is 1. The summed E-state index contributed by atoms with van der Waals surface area (Å²) < 4.78 is 1.98. The maximum atomic E-state index is 8.92. The topological polar surface area (TPSA) is 38.0 Å². The largest absolute Gasteiger partial charge is 0.396 e. The van der Waals surface area contributed by atoms with Gasteiger partial charge in [0.1, 0.15) is 0 Å². The number of aromatic nitrogens is 2. The van der Waals surface area contributed by atoms with E-state index in [4.69, 9.17) is 5.11 Å².